The van der Waals surface area contributed by atoms with Crippen LogP contribution in [0.1, 0.15) is 64.7 Å². The maximum absolute atomic E-state index is 12.8. The van der Waals surface area contributed by atoms with Crippen molar-refractivity contribution >= 4 is 11.2 Å². The van der Waals surface area contributed by atoms with Gasteiger partial charge in [-0.3, -0.25) is 13.9 Å². The highest BCUT2D eigenvalue weighted by Crippen LogP contribution is 2.10. The fraction of sp³-hybridized carbons (Fsp3) is 0.650. The van der Waals surface area contributed by atoms with Gasteiger partial charge in [-0.05, 0) is 12.8 Å². The molecular formula is C20H32N4O2. The van der Waals surface area contributed by atoms with E-state index in [0.717, 1.165) is 25.7 Å². The zero-order chi connectivity index (χ0) is 18.9. The highest BCUT2D eigenvalue weighted by Gasteiger charge is 2.15. The molecular weight excluding hydrogens is 328 g/mol. The van der Waals surface area contributed by atoms with Crippen molar-refractivity contribution in [2.24, 2.45) is 7.05 Å². The number of imidazole rings is 1. The van der Waals surface area contributed by atoms with Crippen molar-refractivity contribution in [2.45, 2.75) is 77.8 Å². The molecule has 0 amide bonds. The first kappa shape index (κ1) is 20.2. The van der Waals surface area contributed by atoms with E-state index in [1.165, 1.54) is 41.2 Å². The van der Waals surface area contributed by atoms with Crippen molar-refractivity contribution in [3.63, 3.8) is 0 Å². The van der Waals surface area contributed by atoms with Crippen molar-refractivity contribution in [3.8, 4) is 0 Å². The molecule has 0 fully saturated rings. The predicted molar refractivity (Wildman–Crippen MR) is 107 cm³/mol. The van der Waals surface area contributed by atoms with Gasteiger partial charge in [-0.2, -0.15) is 0 Å². The molecule has 6 heteroatoms. The Balaban J connectivity index is 2.06. The largest absolute Gasteiger partial charge is 0.332 e. The predicted octanol–water partition coefficient (Wildman–Crippen LogP) is 3.61. The third-order valence-electron chi connectivity index (χ3n) is 4.91. The normalized spacial score (nSPS) is 11.3. The zero-order valence-electron chi connectivity index (χ0n) is 16.2. The Morgan fingerprint density at radius 2 is 1.69 bits per heavy atom. The first-order valence-electron chi connectivity index (χ1n) is 9.87. The number of hydrogen-bond donors (Lipinski definition) is 0. The van der Waals surface area contributed by atoms with Crippen LogP contribution in [0, 0.1) is 0 Å². The number of aryl methyl sites for hydroxylation is 2. The van der Waals surface area contributed by atoms with Crippen LogP contribution in [0.25, 0.3) is 11.2 Å². The van der Waals surface area contributed by atoms with E-state index in [1.807, 2.05) is 10.6 Å². The van der Waals surface area contributed by atoms with E-state index in [4.69, 9.17) is 0 Å². The van der Waals surface area contributed by atoms with Gasteiger partial charge in [-0.15, -0.1) is 6.58 Å². The van der Waals surface area contributed by atoms with Gasteiger partial charge in [-0.25, -0.2) is 9.78 Å². The first-order valence-corrected chi connectivity index (χ1v) is 9.87. The number of allylic oxidation sites excluding steroid dienone is 1. The molecule has 0 aliphatic heterocycles. The quantitative estimate of drug-likeness (QED) is 0.429. The fourth-order valence-corrected chi connectivity index (χ4v) is 3.32. The zero-order valence-corrected chi connectivity index (χ0v) is 16.2. The molecule has 2 rings (SSSR count). The summed E-state index contributed by atoms with van der Waals surface area (Å²) in [4.78, 5) is 29.6. The van der Waals surface area contributed by atoms with Gasteiger partial charge in [-0.1, -0.05) is 57.9 Å². The maximum atomic E-state index is 12.8. The summed E-state index contributed by atoms with van der Waals surface area (Å²) in [7, 11) is 1.68. The molecule has 0 saturated carbocycles. The van der Waals surface area contributed by atoms with Gasteiger partial charge in [0.1, 0.15) is 0 Å². The number of unbranched alkanes of at least 4 members (excludes halogenated alkanes) is 7. The first-order chi connectivity index (χ1) is 12.6. The van der Waals surface area contributed by atoms with E-state index in [0.29, 0.717) is 24.3 Å². The molecule has 2 heterocycles. The summed E-state index contributed by atoms with van der Waals surface area (Å²) in [5.74, 6) is 0. The lowest BCUT2D eigenvalue weighted by Gasteiger charge is -2.09. The van der Waals surface area contributed by atoms with Crippen molar-refractivity contribution in [1.82, 2.24) is 18.7 Å². The van der Waals surface area contributed by atoms with Gasteiger partial charge in [0.2, 0.25) is 0 Å². The molecule has 0 radical (unpaired) electrons. The molecule has 0 atom stereocenters. The molecule has 0 spiro atoms. The Labute approximate surface area is 155 Å². The Kier molecular flexibility index (Phi) is 7.88. The van der Waals surface area contributed by atoms with E-state index in [9.17, 15) is 9.59 Å². The Bertz CT molecular complexity index is 829. The van der Waals surface area contributed by atoms with Gasteiger partial charge in [0.25, 0.3) is 5.56 Å². The minimum Gasteiger partial charge on any atom is -0.324 e. The van der Waals surface area contributed by atoms with Gasteiger partial charge in [0, 0.05) is 20.1 Å². The molecule has 26 heavy (non-hydrogen) atoms. The van der Waals surface area contributed by atoms with Crippen LogP contribution in [0.5, 0.6) is 0 Å². The topological polar surface area (TPSA) is 61.8 Å². The molecule has 6 nitrogen and oxygen atoms in total. The molecule has 2 aromatic rings. The summed E-state index contributed by atoms with van der Waals surface area (Å²) in [6.07, 6.45) is 13.7. The minimum atomic E-state index is -0.278. The second kappa shape index (κ2) is 10.1. The number of hydrogen-bond acceptors (Lipinski definition) is 3. The standard InChI is InChI=1S/C20H32N4O2/c1-4-6-8-9-10-11-12-13-15-24-19(25)17-18(22(3)20(24)26)21-16-23(17)14-7-5-2/h5,16H,2,4,6-15H2,1,3H3. The highest BCUT2D eigenvalue weighted by atomic mass is 16.2. The van der Waals surface area contributed by atoms with E-state index in [1.54, 1.807) is 13.4 Å². The van der Waals surface area contributed by atoms with E-state index >= 15 is 0 Å². The lowest BCUT2D eigenvalue weighted by molar-refractivity contribution is 0.519. The molecule has 0 aromatic carbocycles. The summed E-state index contributed by atoms with van der Waals surface area (Å²) < 4.78 is 4.67. The van der Waals surface area contributed by atoms with Crippen molar-refractivity contribution < 1.29 is 0 Å². The number of rotatable bonds is 12. The third kappa shape index (κ3) is 4.74. The van der Waals surface area contributed by atoms with Crippen molar-refractivity contribution in [1.29, 1.82) is 0 Å². The van der Waals surface area contributed by atoms with Crippen LogP contribution in [-0.2, 0) is 20.1 Å². The van der Waals surface area contributed by atoms with Gasteiger partial charge < -0.3 is 4.57 Å². The molecule has 0 aliphatic carbocycles. The van der Waals surface area contributed by atoms with Crippen LogP contribution in [0.4, 0.5) is 0 Å². The van der Waals surface area contributed by atoms with E-state index in [-0.39, 0.29) is 11.2 Å². The molecule has 2 aromatic heterocycles. The molecule has 0 bridgehead atoms. The summed E-state index contributed by atoms with van der Waals surface area (Å²) in [5, 5.41) is 0. The fourth-order valence-electron chi connectivity index (χ4n) is 3.32. The summed E-state index contributed by atoms with van der Waals surface area (Å²) in [6, 6.07) is 0. The molecule has 0 N–H and O–H groups in total. The average molecular weight is 361 g/mol. The van der Waals surface area contributed by atoms with Crippen molar-refractivity contribution in [2.75, 3.05) is 0 Å². The molecule has 0 unspecified atom stereocenters. The molecule has 0 saturated heterocycles. The van der Waals surface area contributed by atoms with Gasteiger partial charge in [0.05, 0.1) is 6.33 Å². The van der Waals surface area contributed by atoms with Crippen molar-refractivity contribution in [3.05, 3.63) is 39.8 Å². The SMILES string of the molecule is C=CCCn1cnc2c1c(=O)n(CCCCCCCCCC)c(=O)n2C. The van der Waals surface area contributed by atoms with Crippen LogP contribution in [0.15, 0.2) is 28.6 Å². The third-order valence-corrected chi connectivity index (χ3v) is 4.91. The Morgan fingerprint density at radius 1 is 1.04 bits per heavy atom. The summed E-state index contributed by atoms with van der Waals surface area (Å²) >= 11 is 0. The molecule has 0 aliphatic rings. The lowest BCUT2D eigenvalue weighted by Crippen LogP contribution is -2.39. The highest BCUT2D eigenvalue weighted by molar-refractivity contribution is 5.69. The minimum absolute atomic E-state index is 0.229. The van der Waals surface area contributed by atoms with Gasteiger partial charge in [0.15, 0.2) is 11.2 Å². The second-order valence-corrected chi connectivity index (χ2v) is 6.96. The summed E-state index contributed by atoms with van der Waals surface area (Å²) in [6.45, 7) is 7.06. The monoisotopic (exact) mass is 360 g/mol. The lowest BCUT2D eigenvalue weighted by atomic mass is 10.1. The van der Waals surface area contributed by atoms with Crippen LogP contribution in [0.3, 0.4) is 0 Å². The number of aromatic nitrogens is 4. The smallest absolute Gasteiger partial charge is 0.324 e. The number of fused-ring (bicyclic) bond motifs is 1. The van der Waals surface area contributed by atoms with Crippen LogP contribution in [-0.4, -0.2) is 18.7 Å². The van der Waals surface area contributed by atoms with E-state index < -0.39 is 0 Å². The van der Waals surface area contributed by atoms with Crippen LogP contribution in [0.2, 0.25) is 0 Å². The Morgan fingerprint density at radius 3 is 2.35 bits per heavy atom. The average Bonchev–Trinajstić information content (AvgIpc) is 3.07. The van der Waals surface area contributed by atoms with Crippen LogP contribution >= 0.6 is 0 Å². The maximum Gasteiger partial charge on any atom is 0.332 e. The summed E-state index contributed by atoms with van der Waals surface area (Å²) in [5.41, 5.74) is 0.455. The second-order valence-electron chi connectivity index (χ2n) is 6.96. The van der Waals surface area contributed by atoms with Gasteiger partial charge >= 0.3 is 5.69 Å². The number of nitrogens with zero attached hydrogens (tertiary/aromatic N) is 4. The molecule has 144 valence electrons. The Hall–Kier alpha value is -2.11. The van der Waals surface area contributed by atoms with E-state index in [2.05, 4.69) is 18.5 Å². The van der Waals surface area contributed by atoms with Crippen LogP contribution < -0.4 is 11.2 Å².